The number of amides is 1. The fourth-order valence-corrected chi connectivity index (χ4v) is 3.07. The van der Waals surface area contributed by atoms with Gasteiger partial charge < -0.3 is 4.42 Å². The highest BCUT2D eigenvalue weighted by Gasteiger charge is 2.28. The van der Waals surface area contributed by atoms with Gasteiger partial charge in [-0.2, -0.15) is 0 Å². The number of hydrogen-bond donors (Lipinski definition) is 1. The summed E-state index contributed by atoms with van der Waals surface area (Å²) in [5.74, 6) is -0.0492. The molecule has 0 bridgehead atoms. The van der Waals surface area contributed by atoms with Crippen molar-refractivity contribution in [2.45, 2.75) is 18.8 Å². The largest absolute Gasteiger partial charge is 0.422 e. The van der Waals surface area contributed by atoms with Crippen molar-refractivity contribution >= 4 is 33.3 Å². The molecule has 1 aliphatic carbocycles. The summed E-state index contributed by atoms with van der Waals surface area (Å²) < 4.78 is 5.16. The first kappa shape index (κ1) is 13.1. The molecule has 0 unspecified atom stereocenters. The topological polar surface area (TPSA) is 85.1 Å². The molecule has 1 aromatic carbocycles. The number of carbonyl (C=O) groups is 1. The Kier molecular flexibility index (Phi) is 3.00. The number of hydrogen-bond acceptors (Lipinski definition) is 6. The molecule has 0 atom stereocenters. The second kappa shape index (κ2) is 5.03. The van der Waals surface area contributed by atoms with Crippen LogP contribution in [0.5, 0.6) is 0 Å². The van der Waals surface area contributed by atoms with Crippen molar-refractivity contribution in [1.82, 2.24) is 10.2 Å². The number of benzene rings is 1. The van der Waals surface area contributed by atoms with Gasteiger partial charge in [0.2, 0.25) is 5.13 Å². The van der Waals surface area contributed by atoms with Crippen LogP contribution in [-0.4, -0.2) is 16.1 Å². The molecule has 0 radical (unpaired) electrons. The van der Waals surface area contributed by atoms with Crippen LogP contribution in [0.25, 0.3) is 11.0 Å². The van der Waals surface area contributed by atoms with E-state index in [9.17, 15) is 9.59 Å². The SMILES string of the molecule is O=C(Nc1nnc(C2CC2)s1)c1cc2ccccc2oc1=O. The first-order valence-electron chi connectivity index (χ1n) is 6.88. The van der Waals surface area contributed by atoms with E-state index < -0.39 is 11.5 Å². The van der Waals surface area contributed by atoms with E-state index in [0.717, 1.165) is 17.8 Å². The summed E-state index contributed by atoms with van der Waals surface area (Å²) in [5.41, 5.74) is -0.249. The first-order valence-corrected chi connectivity index (χ1v) is 7.70. The standard InChI is InChI=1S/C15H11N3O3S/c19-12(16-15-18-17-13(22-15)8-5-6-8)10-7-9-3-1-2-4-11(9)21-14(10)20/h1-4,7-8H,5-6H2,(H,16,18,19). The molecule has 1 saturated carbocycles. The fraction of sp³-hybridized carbons (Fsp3) is 0.200. The van der Waals surface area contributed by atoms with Gasteiger partial charge in [0.05, 0.1) is 0 Å². The quantitative estimate of drug-likeness (QED) is 0.751. The number of nitrogens with zero attached hydrogens (tertiary/aromatic N) is 2. The minimum atomic E-state index is -0.664. The van der Waals surface area contributed by atoms with E-state index in [2.05, 4.69) is 15.5 Å². The van der Waals surface area contributed by atoms with Crippen LogP contribution in [-0.2, 0) is 0 Å². The monoisotopic (exact) mass is 313 g/mol. The van der Waals surface area contributed by atoms with Crippen LogP contribution >= 0.6 is 11.3 Å². The summed E-state index contributed by atoms with van der Waals surface area (Å²) in [5, 5.41) is 12.6. The van der Waals surface area contributed by atoms with Gasteiger partial charge in [-0.05, 0) is 25.0 Å². The highest BCUT2D eigenvalue weighted by molar-refractivity contribution is 7.15. The van der Waals surface area contributed by atoms with E-state index in [1.165, 1.54) is 17.4 Å². The van der Waals surface area contributed by atoms with E-state index >= 15 is 0 Å². The van der Waals surface area contributed by atoms with E-state index in [4.69, 9.17) is 4.42 Å². The molecule has 3 aromatic rings. The molecule has 2 heterocycles. The molecule has 1 N–H and O–H groups in total. The number of aromatic nitrogens is 2. The van der Waals surface area contributed by atoms with Gasteiger partial charge in [-0.25, -0.2) is 4.79 Å². The van der Waals surface area contributed by atoms with Crippen molar-refractivity contribution in [2.75, 3.05) is 5.32 Å². The van der Waals surface area contributed by atoms with Crippen molar-refractivity contribution in [3.63, 3.8) is 0 Å². The van der Waals surface area contributed by atoms with Gasteiger partial charge in [-0.3, -0.25) is 10.1 Å². The van der Waals surface area contributed by atoms with E-state index in [1.807, 2.05) is 6.07 Å². The lowest BCUT2D eigenvalue weighted by Gasteiger charge is -2.01. The minimum absolute atomic E-state index is 0.0399. The number of nitrogens with one attached hydrogen (secondary N) is 1. The molecule has 7 heteroatoms. The normalized spacial score (nSPS) is 14.2. The summed E-state index contributed by atoms with van der Waals surface area (Å²) in [7, 11) is 0. The Morgan fingerprint density at radius 3 is 2.91 bits per heavy atom. The maximum Gasteiger partial charge on any atom is 0.349 e. The lowest BCUT2D eigenvalue weighted by molar-refractivity contribution is 0.102. The highest BCUT2D eigenvalue weighted by atomic mass is 32.1. The third-order valence-electron chi connectivity index (χ3n) is 3.47. The Hall–Kier alpha value is -2.54. The van der Waals surface area contributed by atoms with Crippen molar-refractivity contribution in [3.8, 4) is 0 Å². The van der Waals surface area contributed by atoms with Crippen molar-refractivity contribution < 1.29 is 9.21 Å². The molecule has 6 nitrogen and oxygen atoms in total. The molecule has 1 aliphatic rings. The van der Waals surface area contributed by atoms with Gasteiger partial charge in [0.1, 0.15) is 16.2 Å². The molecule has 0 spiro atoms. The average molecular weight is 313 g/mol. The second-order valence-corrected chi connectivity index (χ2v) is 6.17. The first-order chi connectivity index (χ1) is 10.7. The van der Waals surface area contributed by atoms with Crippen LogP contribution in [0.2, 0.25) is 0 Å². The summed E-state index contributed by atoms with van der Waals surface area (Å²) in [6.07, 6.45) is 2.24. The minimum Gasteiger partial charge on any atom is -0.422 e. The fourth-order valence-electron chi connectivity index (χ4n) is 2.17. The molecular formula is C15H11N3O3S. The zero-order chi connectivity index (χ0) is 15.1. The maximum atomic E-state index is 12.2. The van der Waals surface area contributed by atoms with Crippen LogP contribution in [0.4, 0.5) is 5.13 Å². The zero-order valence-electron chi connectivity index (χ0n) is 11.4. The van der Waals surface area contributed by atoms with Crippen LogP contribution in [0.1, 0.15) is 34.1 Å². The van der Waals surface area contributed by atoms with E-state index in [1.54, 1.807) is 18.2 Å². The summed E-state index contributed by atoms with van der Waals surface area (Å²) in [6.45, 7) is 0. The second-order valence-electron chi connectivity index (χ2n) is 5.16. The Bertz CT molecular complexity index is 927. The highest BCUT2D eigenvalue weighted by Crippen LogP contribution is 2.42. The predicted octanol–water partition coefficient (Wildman–Crippen LogP) is 2.77. The third-order valence-corrected chi connectivity index (χ3v) is 4.47. The van der Waals surface area contributed by atoms with Crippen molar-refractivity contribution in [2.24, 2.45) is 0 Å². The summed E-state index contributed by atoms with van der Waals surface area (Å²) >= 11 is 1.35. The van der Waals surface area contributed by atoms with Crippen molar-refractivity contribution in [1.29, 1.82) is 0 Å². The third kappa shape index (κ3) is 2.39. The summed E-state index contributed by atoms with van der Waals surface area (Å²) in [6, 6.07) is 8.58. The number of fused-ring (bicyclic) bond motifs is 1. The molecule has 4 rings (SSSR count). The molecule has 22 heavy (non-hydrogen) atoms. The van der Waals surface area contributed by atoms with Gasteiger partial charge in [0, 0.05) is 11.3 Å². The Morgan fingerprint density at radius 2 is 2.09 bits per heavy atom. The van der Waals surface area contributed by atoms with Crippen LogP contribution in [0.15, 0.2) is 39.5 Å². The number of carbonyl (C=O) groups excluding carboxylic acids is 1. The Labute approximate surface area is 128 Å². The van der Waals surface area contributed by atoms with E-state index in [0.29, 0.717) is 22.0 Å². The van der Waals surface area contributed by atoms with Gasteiger partial charge in [-0.15, -0.1) is 10.2 Å². The molecular weight excluding hydrogens is 302 g/mol. The lowest BCUT2D eigenvalue weighted by atomic mass is 10.2. The number of rotatable bonds is 3. The molecule has 2 aromatic heterocycles. The van der Waals surface area contributed by atoms with E-state index in [-0.39, 0.29) is 5.56 Å². The smallest absolute Gasteiger partial charge is 0.349 e. The Balaban J connectivity index is 1.63. The van der Waals surface area contributed by atoms with Gasteiger partial charge in [0.15, 0.2) is 0 Å². The van der Waals surface area contributed by atoms with Crippen LogP contribution < -0.4 is 10.9 Å². The zero-order valence-corrected chi connectivity index (χ0v) is 12.2. The van der Waals surface area contributed by atoms with Crippen LogP contribution in [0, 0.1) is 0 Å². The maximum absolute atomic E-state index is 12.2. The molecule has 1 amide bonds. The lowest BCUT2D eigenvalue weighted by Crippen LogP contribution is -2.20. The van der Waals surface area contributed by atoms with Crippen LogP contribution in [0.3, 0.4) is 0 Å². The Morgan fingerprint density at radius 1 is 1.27 bits per heavy atom. The van der Waals surface area contributed by atoms with Crippen molar-refractivity contribution in [3.05, 3.63) is 51.3 Å². The molecule has 0 aliphatic heterocycles. The summed E-state index contributed by atoms with van der Waals surface area (Å²) in [4.78, 5) is 24.2. The van der Waals surface area contributed by atoms with Gasteiger partial charge in [-0.1, -0.05) is 29.5 Å². The van der Waals surface area contributed by atoms with Gasteiger partial charge >= 0.3 is 5.63 Å². The number of anilines is 1. The molecule has 0 saturated heterocycles. The molecule has 110 valence electrons. The molecule has 1 fully saturated rings. The predicted molar refractivity (Wildman–Crippen MR) is 82.3 cm³/mol. The number of para-hydroxylation sites is 1. The van der Waals surface area contributed by atoms with Gasteiger partial charge in [0.25, 0.3) is 5.91 Å². The average Bonchev–Trinajstić information content (AvgIpc) is 3.27.